The summed E-state index contributed by atoms with van der Waals surface area (Å²) in [6.07, 6.45) is 5.12. The van der Waals surface area contributed by atoms with Crippen LogP contribution in [0.15, 0.2) is 28.1 Å². The van der Waals surface area contributed by atoms with Crippen LogP contribution in [0, 0.1) is 0 Å². The largest absolute Gasteiger partial charge is 0.475 e. The number of hydrogen-bond acceptors (Lipinski definition) is 4. The molecule has 1 aliphatic heterocycles. The van der Waals surface area contributed by atoms with Gasteiger partial charge < -0.3 is 4.74 Å². The minimum atomic E-state index is -0.223. The van der Waals surface area contributed by atoms with E-state index in [9.17, 15) is 4.79 Å². The van der Waals surface area contributed by atoms with Crippen molar-refractivity contribution in [2.45, 2.75) is 20.0 Å². The van der Waals surface area contributed by atoms with Gasteiger partial charge in [0.05, 0.1) is 6.10 Å². The molecule has 102 valence electrons. The molecule has 0 spiro atoms. The number of allylic oxidation sites excluding steroid dienone is 1. The molecule has 2 aromatic heterocycles. The standard InChI is InChI=1S/C14H14N4O2/c1-8(2)20-14-11(13(19)17-18-14)6-9-7-16-12-10(9)4-3-5-15-12/h3-8H,1-2H3,(H2,17,18,19). The molecule has 1 aliphatic rings. The fourth-order valence-corrected chi connectivity index (χ4v) is 2.01. The van der Waals surface area contributed by atoms with Gasteiger partial charge in [0.2, 0.25) is 5.88 Å². The second-order valence-electron chi connectivity index (χ2n) is 4.72. The summed E-state index contributed by atoms with van der Waals surface area (Å²) >= 11 is 0. The molecule has 3 rings (SSSR count). The molecule has 0 aromatic carbocycles. The van der Waals surface area contributed by atoms with Gasteiger partial charge in [-0.3, -0.25) is 15.0 Å². The summed E-state index contributed by atoms with van der Waals surface area (Å²) in [5, 5.41) is 5.27. The number of hydrogen-bond donors (Lipinski definition) is 2. The number of fused-ring (bicyclic) bond motifs is 1. The first kappa shape index (κ1) is 12.4. The molecular weight excluding hydrogens is 256 g/mol. The van der Waals surface area contributed by atoms with E-state index in [0.29, 0.717) is 17.3 Å². The fraction of sp³-hybridized carbons (Fsp3) is 0.214. The van der Waals surface area contributed by atoms with Gasteiger partial charge in [-0.05, 0) is 32.1 Å². The van der Waals surface area contributed by atoms with Crippen LogP contribution >= 0.6 is 0 Å². The van der Waals surface area contributed by atoms with Crippen LogP contribution in [0.25, 0.3) is 11.6 Å². The second-order valence-corrected chi connectivity index (χ2v) is 4.72. The van der Waals surface area contributed by atoms with Crippen LogP contribution in [0.5, 0.6) is 5.88 Å². The first-order valence-electron chi connectivity index (χ1n) is 6.33. The van der Waals surface area contributed by atoms with Crippen molar-refractivity contribution in [2.24, 2.45) is 4.99 Å². The van der Waals surface area contributed by atoms with E-state index in [1.807, 2.05) is 26.0 Å². The Bertz CT molecular complexity index is 753. The maximum Gasteiger partial charge on any atom is 0.275 e. The van der Waals surface area contributed by atoms with E-state index in [0.717, 1.165) is 11.1 Å². The van der Waals surface area contributed by atoms with Crippen molar-refractivity contribution < 1.29 is 4.74 Å². The zero-order valence-electron chi connectivity index (χ0n) is 11.2. The Labute approximate surface area is 115 Å². The summed E-state index contributed by atoms with van der Waals surface area (Å²) in [5.74, 6) is 1.10. The molecule has 6 nitrogen and oxygen atoms in total. The van der Waals surface area contributed by atoms with Gasteiger partial charge in [-0.15, -0.1) is 0 Å². The number of H-pyrrole nitrogens is 2. The number of aliphatic imine (C=N–C) groups is 1. The van der Waals surface area contributed by atoms with Crippen molar-refractivity contribution >= 4 is 23.7 Å². The predicted octanol–water partition coefficient (Wildman–Crippen LogP) is 2.14. The summed E-state index contributed by atoms with van der Waals surface area (Å²) in [5.41, 5.74) is 1.98. The molecule has 20 heavy (non-hydrogen) atoms. The Balaban J connectivity index is 2.04. The number of ether oxygens (including phenoxy) is 1. The van der Waals surface area contributed by atoms with Gasteiger partial charge in [0.15, 0.2) is 5.82 Å². The van der Waals surface area contributed by atoms with Crippen LogP contribution in [-0.4, -0.2) is 27.5 Å². The van der Waals surface area contributed by atoms with E-state index in [1.54, 1.807) is 18.5 Å². The molecule has 0 fully saturated rings. The molecule has 2 N–H and O–H groups in total. The van der Waals surface area contributed by atoms with Crippen LogP contribution < -0.4 is 10.3 Å². The highest BCUT2D eigenvalue weighted by molar-refractivity contribution is 6.21. The monoisotopic (exact) mass is 270 g/mol. The van der Waals surface area contributed by atoms with Gasteiger partial charge >= 0.3 is 0 Å². The number of rotatable bonds is 3. The van der Waals surface area contributed by atoms with Crippen molar-refractivity contribution in [1.82, 2.24) is 15.2 Å². The number of nitrogens with zero attached hydrogens (tertiary/aromatic N) is 2. The van der Waals surface area contributed by atoms with E-state index >= 15 is 0 Å². The van der Waals surface area contributed by atoms with Crippen LogP contribution in [0.4, 0.5) is 5.82 Å². The van der Waals surface area contributed by atoms with Gasteiger partial charge in [-0.25, -0.2) is 9.98 Å². The lowest BCUT2D eigenvalue weighted by Gasteiger charge is -2.07. The van der Waals surface area contributed by atoms with Crippen LogP contribution in [0.1, 0.15) is 25.0 Å². The van der Waals surface area contributed by atoms with Gasteiger partial charge in [0.1, 0.15) is 5.56 Å². The Morgan fingerprint density at radius 2 is 2.20 bits per heavy atom. The average Bonchev–Trinajstić information content (AvgIpc) is 2.97. The minimum absolute atomic E-state index is 0.0233. The van der Waals surface area contributed by atoms with Crippen molar-refractivity contribution in [3.05, 3.63) is 39.8 Å². The average molecular weight is 270 g/mol. The molecule has 0 unspecified atom stereocenters. The molecule has 2 aromatic rings. The number of aromatic nitrogens is 3. The Hall–Kier alpha value is -2.63. The summed E-state index contributed by atoms with van der Waals surface area (Å²) in [6, 6.07) is 3.76. The number of aromatic amines is 2. The van der Waals surface area contributed by atoms with E-state index in [4.69, 9.17) is 4.74 Å². The van der Waals surface area contributed by atoms with Crippen molar-refractivity contribution in [3.8, 4) is 5.88 Å². The maximum absolute atomic E-state index is 11.8. The summed E-state index contributed by atoms with van der Waals surface area (Å²) in [6.45, 7) is 3.80. The number of pyridine rings is 1. The van der Waals surface area contributed by atoms with Crippen molar-refractivity contribution in [1.29, 1.82) is 0 Å². The summed E-state index contributed by atoms with van der Waals surface area (Å²) in [7, 11) is 0. The van der Waals surface area contributed by atoms with Crippen molar-refractivity contribution in [3.63, 3.8) is 0 Å². The highest BCUT2D eigenvalue weighted by Crippen LogP contribution is 2.30. The molecule has 0 bridgehead atoms. The lowest BCUT2D eigenvalue weighted by Crippen LogP contribution is -2.08. The maximum atomic E-state index is 11.8. The SMILES string of the molecule is CC(C)Oc1[nH][nH]c(=O)c1C=C1C=Nc2ncccc21. The van der Waals surface area contributed by atoms with Crippen LogP contribution in [-0.2, 0) is 0 Å². The fourth-order valence-electron chi connectivity index (χ4n) is 2.01. The smallest absolute Gasteiger partial charge is 0.275 e. The van der Waals surface area contributed by atoms with Crippen LogP contribution in [0.3, 0.4) is 0 Å². The van der Waals surface area contributed by atoms with E-state index in [1.165, 1.54) is 0 Å². The van der Waals surface area contributed by atoms with E-state index in [2.05, 4.69) is 20.2 Å². The van der Waals surface area contributed by atoms with Crippen LogP contribution in [0.2, 0.25) is 0 Å². The van der Waals surface area contributed by atoms with E-state index < -0.39 is 0 Å². The highest BCUT2D eigenvalue weighted by Gasteiger charge is 2.16. The lowest BCUT2D eigenvalue weighted by atomic mass is 10.1. The third-order valence-corrected chi connectivity index (χ3v) is 2.86. The normalized spacial score (nSPS) is 15.1. The Kier molecular flexibility index (Phi) is 2.98. The first-order chi connectivity index (χ1) is 9.65. The summed E-state index contributed by atoms with van der Waals surface area (Å²) < 4.78 is 5.57. The highest BCUT2D eigenvalue weighted by atomic mass is 16.5. The lowest BCUT2D eigenvalue weighted by molar-refractivity contribution is 0.232. The third-order valence-electron chi connectivity index (χ3n) is 2.86. The van der Waals surface area contributed by atoms with Gasteiger partial charge in [0.25, 0.3) is 5.56 Å². The number of nitrogens with one attached hydrogen (secondary N) is 2. The third kappa shape index (κ3) is 2.16. The van der Waals surface area contributed by atoms with E-state index in [-0.39, 0.29) is 11.7 Å². The first-order valence-corrected chi connectivity index (χ1v) is 6.33. The molecule has 0 amide bonds. The zero-order valence-corrected chi connectivity index (χ0v) is 11.2. The quantitative estimate of drug-likeness (QED) is 0.896. The molecular formula is C14H14N4O2. The molecule has 0 saturated carbocycles. The molecule has 6 heteroatoms. The van der Waals surface area contributed by atoms with Gasteiger partial charge in [0, 0.05) is 23.5 Å². The summed E-state index contributed by atoms with van der Waals surface area (Å²) in [4.78, 5) is 20.2. The molecule has 0 aliphatic carbocycles. The Morgan fingerprint density at radius 1 is 1.35 bits per heavy atom. The molecule has 3 heterocycles. The molecule has 0 radical (unpaired) electrons. The van der Waals surface area contributed by atoms with Gasteiger partial charge in [-0.1, -0.05) is 0 Å². The zero-order chi connectivity index (χ0) is 14.1. The molecule has 0 atom stereocenters. The Morgan fingerprint density at radius 3 is 3.00 bits per heavy atom. The van der Waals surface area contributed by atoms with Crippen molar-refractivity contribution in [2.75, 3.05) is 0 Å². The molecule has 0 saturated heterocycles. The predicted molar refractivity (Wildman–Crippen MR) is 77.4 cm³/mol. The topological polar surface area (TPSA) is 83.1 Å². The minimum Gasteiger partial charge on any atom is -0.475 e. The second kappa shape index (κ2) is 4.80. The van der Waals surface area contributed by atoms with Gasteiger partial charge in [-0.2, -0.15) is 0 Å².